The van der Waals surface area contributed by atoms with Gasteiger partial charge in [-0.15, -0.1) is 0 Å². The first-order valence-electron chi connectivity index (χ1n) is 10.8. The Morgan fingerprint density at radius 2 is 1.76 bits per heavy atom. The molecular weight excluding hydrogens is 464 g/mol. The Hall–Kier alpha value is -2.68. The number of fused-ring (bicyclic) bond motifs is 2. The molecule has 4 rings (SSSR count). The third kappa shape index (κ3) is 4.62. The molecule has 184 valence electrons. The number of primary sulfonamides is 1. The highest BCUT2D eigenvalue weighted by Crippen LogP contribution is 2.28. The number of nitrogens with zero attached hydrogens (tertiary/aromatic N) is 5. The zero-order chi connectivity index (χ0) is 24.6. The first-order valence-corrected chi connectivity index (χ1v) is 12.4. The lowest BCUT2D eigenvalue weighted by molar-refractivity contribution is -0.0894. The fourth-order valence-electron chi connectivity index (χ4n) is 4.24. The maximum absolute atomic E-state index is 11.7. The Kier molecular flexibility index (Phi) is 6.85. The molecule has 0 saturated carbocycles. The number of anilines is 1. The summed E-state index contributed by atoms with van der Waals surface area (Å²) in [5, 5.41) is 44.6. The number of hydrogen-bond acceptors (Lipinski definition) is 10. The summed E-state index contributed by atoms with van der Waals surface area (Å²) in [6.45, 7) is 2.16. The molecule has 13 heteroatoms. The van der Waals surface area contributed by atoms with Crippen LogP contribution >= 0.6 is 0 Å². The molecule has 3 aromatic rings. The molecule has 3 heterocycles. The quantitative estimate of drug-likeness (QED) is 0.266. The summed E-state index contributed by atoms with van der Waals surface area (Å²) in [4.78, 5) is 15.3. The monoisotopic (exact) mass is 492 g/mol. The lowest BCUT2D eigenvalue weighted by Gasteiger charge is -2.27. The lowest BCUT2D eigenvalue weighted by atomic mass is 10.0. The summed E-state index contributed by atoms with van der Waals surface area (Å²) in [7, 11) is -3.78. The van der Waals surface area contributed by atoms with E-state index in [4.69, 9.17) is 10.2 Å². The van der Waals surface area contributed by atoms with Crippen LogP contribution in [-0.2, 0) is 22.9 Å². The average Bonchev–Trinajstić information content (AvgIpc) is 3.14. The van der Waals surface area contributed by atoms with E-state index in [1.807, 2.05) is 4.90 Å². The molecule has 1 aliphatic heterocycles. The van der Waals surface area contributed by atoms with Crippen molar-refractivity contribution in [2.45, 2.75) is 49.0 Å². The van der Waals surface area contributed by atoms with Crippen molar-refractivity contribution in [2.24, 2.45) is 5.14 Å². The number of benzene rings is 1. The average molecular weight is 493 g/mol. The number of aliphatic hydroxyl groups is 4. The SMILES string of the molecule is C[C@H]([C@H](O)[C@H](O)[C@H](O)CO)n1cnc2c(N3CCc4ccc(S(N)(=O)=O)cc4CC3)ncnc21. The van der Waals surface area contributed by atoms with Gasteiger partial charge in [-0.25, -0.2) is 28.5 Å². The molecule has 0 bridgehead atoms. The Balaban J connectivity index is 1.60. The predicted molar refractivity (Wildman–Crippen MR) is 123 cm³/mol. The summed E-state index contributed by atoms with van der Waals surface area (Å²) in [5.74, 6) is 0.598. The minimum absolute atomic E-state index is 0.0870. The van der Waals surface area contributed by atoms with Crippen molar-refractivity contribution in [3.8, 4) is 0 Å². The molecule has 2 aromatic heterocycles. The third-order valence-electron chi connectivity index (χ3n) is 6.31. The summed E-state index contributed by atoms with van der Waals surface area (Å²) >= 11 is 0. The van der Waals surface area contributed by atoms with Gasteiger partial charge < -0.3 is 29.9 Å². The van der Waals surface area contributed by atoms with E-state index in [1.165, 1.54) is 18.7 Å². The van der Waals surface area contributed by atoms with E-state index in [-0.39, 0.29) is 4.90 Å². The second-order valence-corrected chi connectivity index (χ2v) is 10.0. The van der Waals surface area contributed by atoms with Crippen molar-refractivity contribution >= 4 is 27.0 Å². The molecule has 34 heavy (non-hydrogen) atoms. The van der Waals surface area contributed by atoms with Crippen molar-refractivity contribution < 1.29 is 28.8 Å². The number of aromatic nitrogens is 4. The number of sulfonamides is 1. The van der Waals surface area contributed by atoms with E-state index in [9.17, 15) is 23.7 Å². The van der Waals surface area contributed by atoms with Gasteiger partial charge in [-0.05, 0) is 43.0 Å². The first kappa shape index (κ1) is 24.4. The molecule has 12 nitrogen and oxygen atoms in total. The predicted octanol–water partition coefficient (Wildman–Crippen LogP) is -1.29. The van der Waals surface area contributed by atoms with Crippen LogP contribution in [-0.4, -0.2) is 86.4 Å². The Labute approximate surface area is 196 Å². The summed E-state index contributed by atoms with van der Waals surface area (Å²) < 4.78 is 25.0. The van der Waals surface area contributed by atoms with Crippen molar-refractivity contribution in [1.29, 1.82) is 0 Å². The summed E-state index contributed by atoms with van der Waals surface area (Å²) in [5.41, 5.74) is 2.91. The zero-order valence-corrected chi connectivity index (χ0v) is 19.4. The van der Waals surface area contributed by atoms with Crippen LogP contribution in [0, 0.1) is 0 Å². The van der Waals surface area contributed by atoms with E-state index in [1.54, 1.807) is 23.6 Å². The molecule has 0 radical (unpaired) electrons. The largest absolute Gasteiger partial charge is 0.394 e. The molecule has 0 saturated heterocycles. The van der Waals surface area contributed by atoms with E-state index in [2.05, 4.69) is 15.0 Å². The molecule has 4 atom stereocenters. The van der Waals surface area contributed by atoms with E-state index in [0.29, 0.717) is 42.9 Å². The standard InChI is InChI=1S/C21H28N6O6S/c1-12(18(30)19(31)16(29)9-28)27-11-25-17-20(23-10-24-21(17)27)26-6-4-13-2-3-15(34(22,32)33)8-14(13)5-7-26/h2-3,8,10-12,16,18-19,28-31H,4-7,9H2,1H3,(H2,22,32,33)/t12-,16-,18+,19-/m1/s1. The van der Waals surface area contributed by atoms with Crippen molar-refractivity contribution in [3.63, 3.8) is 0 Å². The minimum atomic E-state index is -3.78. The highest BCUT2D eigenvalue weighted by molar-refractivity contribution is 7.89. The molecule has 0 fully saturated rings. The number of hydrogen-bond donors (Lipinski definition) is 5. The Morgan fingerprint density at radius 3 is 2.44 bits per heavy atom. The summed E-state index contributed by atoms with van der Waals surface area (Å²) in [6.07, 6.45) is -0.266. The van der Waals surface area contributed by atoms with Gasteiger partial charge in [-0.2, -0.15) is 0 Å². The highest BCUT2D eigenvalue weighted by atomic mass is 32.2. The van der Waals surface area contributed by atoms with Crippen LogP contribution in [0.1, 0.15) is 24.1 Å². The van der Waals surface area contributed by atoms with Gasteiger partial charge in [-0.1, -0.05) is 6.07 Å². The molecule has 1 aromatic carbocycles. The Morgan fingerprint density at radius 1 is 1.06 bits per heavy atom. The van der Waals surface area contributed by atoms with Gasteiger partial charge in [0.15, 0.2) is 17.0 Å². The molecule has 0 aliphatic carbocycles. The van der Waals surface area contributed by atoms with Crippen LogP contribution in [0.25, 0.3) is 11.2 Å². The van der Waals surface area contributed by atoms with Gasteiger partial charge in [0, 0.05) is 13.1 Å². The van der Waals surface area contributed by atoms with Gasteiger partial charge in [0.05, 0.1) is 23.9 Å². The van der Waals surface area contributed by atoms with Crippen LogP contribution in [0.3, 0.4) is 0 Å². The normalized spacial score (nSPS) is 18.2. The number of nitrogens with two attached hydrogens (primary N) is 1. The van der Waals surface area contributed by atoms with Crippen LogP contribution in [0.5, 0.6) is 0 Å². The second-order valence-electron chi connectivity index (χ2n) is 8.46. The third-order valence-corrected chi connectivity index (χ3v) is 7.22. The molecular formula is C21H28N6O6S. The fourth-order valence-corrected chi connectivity index (χ4v) is 4.81. The zero-order valence-electron chi connectivity index (χ0n) is 18.6. The Bertz CT molecular complexity index is 1280. The van der Waals surface area contributed by atoms with Gasteiger partial charge in [0.1, 0.15) is 24.6 Å². The maximum Gasteiger partial charge on any atom is 0.238 e. The minimum Gasteiger partial charge on any atom is -0.394 e. The lowest BCUT2D eigenvalue weighted by Crippen LogP contribution is -2.43. The molecule has 0 amide bonds. The topological polar surface area (TPSA) is 188 Å². The number of aliphatic hydroxyl groups excluding tert-OH is 4. The van der Waals surface area contributed by atoms with Crippen molar-refractivity contribution in [1.82, 2.24) is 19.5 Å². The van der Waals surface area contributed by atoms with E-state index < -0.39 is 41.0 Å². The highest BCUT2D eigenvalue weighted by Gasteiger charge is 2.31. The van der Waals surface area contributed by atoms with E-state index in [0.717, 1.165) is 11.1 Å². The second kappa shape index (κ2) is 9.52. The smallest absolute Gasteiger partial charge is 0.238 e. The molecule has 1 aliphatic rings. The van der Waals surface area contributed by atoms with Crippen LogP contribution in [0.4, 0.5) is 5.82 Å². The fraction of sp³-hybridized carbons (Fsp3) is 0.476. The van der Waals surface area contributed by atoms with Crippen molar-refractivity contribution in [3.05, 3.63) is 42.0 Å². The van der Waals surface area contributed by atoms with Gasteiger partial charge in [-0.3, -0.25) is 0 Å². The maximum atomic E-state index is 11.7. The van der Waals surface area contributed by atoms with Crippen LogP contribution < -0.4 is 10.0 Å². The number of rotatable bonds is 7. The van der Waals surface area contributed by atoms with Gasteiger partial charge >= 0.3 is 0 Å². The number of imidazole rings is 1. The van der Waals surface area contributed by atoms with Gasteiger partial charge in [0.25, 0.3) is 0 Å². The first-order chi connectivity index (χ1) is 16.1. The summed E-state index contributed by atoms with van der Waals surface area (Å²) in [6, 6.07) is 4.23. The van der Waals surface area contributed by atoms with Crippen LogP contribution in [0.2, 0.25) is 0 Å². The molecule has 0 spiro atoms. The van der Waals surface area contributed by atoms with E-state index >= 15 is 0 Å². The molecule has 6 N–H and O–H groups in total. The van der Waals surface area contributed by atoms with Gasteiger partial charge in [0.2, 0.25) is 10.0 Å². The van der Waals surface area contributed by atoms with Crippen LogP contribution in [0.15, 0.2) is 35.7 Å². The molecule has 0 unspecified atom stereocenters. The van der Waals surface area contributed by atoms with Crippen molar-refractivity contribution in [2.75, 3.05) is 24.6 Å².